The van der Waals surface area contributed by atoms with E-state index in [1.165, 1.54) is 5.56 Å². The molecule has 1 atom stereocenters. The number of ether oxygens (including phenoxy) is 2. The zero-order chi connectivity index (χ0) is 19.6. The number of benzene rings is 1. The van der Waals surface area contributed by atoms with Gasteiger partial charge < -0.3 is 25.1 Å². The summed E-state index contributed by atoms with van der Waals surface area (Å²) in [5.41, 5.74) is 2.94. The number of fused-ring (bicyclic) bond motifs is 3. The van der Waals surface area contributed by atoms with Crippen LogP contribution in [0, 0.1) is 0 Å². The molecule has 146 valence electrons. The van der Waals surface area contributed by atoms with Crippen LogP contribution in [0.2, 0.25) is 0 Å². The first kappa shape index (κ1) is 19.1. The lowest BCUT2D eigenvalue weighted by molar-refractivity contribution is -0.121. The molecule has 7 heteroatoms. The van der Waals surface area contributed by atoms with Crippen molar-refractivity contribution in [1.82, 2.24) is 15.6 Å². The summed E-state index contributed by atoms with van der Waals surface area (Å²) in [5.74, 6) is 0.744. The van der Waals surface area contributed by atoms with Gasteiger partial charge in [-0.1, -0.05) is 0 Å². The van der Waals surface area contributed by atoms with Gasteiger partial charge in [-0.3, -0.25) is 4.79 Å². The van der Waals surface area contributed by atoms with Crippen molar-refractivity contribution < 1.29 is 19.1 Å². The minimum absolute atomic E-state index is 0.0656. The second kappa shape index (κ2) is 7.50. The molecular weight excluding hydrogens is 346 g/mol. The predicted molar refractivity (Wildman–Crippen MR) is 103 cm³/mol. The van der Waals surface area contributed by atoms with E-state index in [0.29, 0.717) is 0 Å². The quantitative estimate of drug-likeness (QED) is 0.751. The zero-order valence-corrected chi connectivity index (χ0v) is 16.3. The molecular formula is C20H27N3O4. The monoisotopic (exact) mass is 373 g/mol. The lowest BCUT2D eigenvalue weighted by Gasteiger charge is -2.19. The molecule has 1 aliphatic carbocycles. The van der Waals surface area contributed by atoms with E-state index in [4.69, 9.17) is 9.47 Å². The van der Waals surface area contributed by atoms with Crippen LogP contribution in [0.25, 0.3) is 10.9 Å². The standard InChI is InChI=1S/C20H27N3O4/c1-20(2,3)27-19(25)21-8-7-18(24)22-12-9-14-15-11-13(26-4)5-6-16(15)23-17(14)10-12/h5-6,11-12,23H,7-10H2,1-4H3,(H,21,25)(H,22,24). The van der Waals surface area contributed by atoms with Gasteiger partial charge in [-0.2, -0.15) is 0 Å². The third-order valence-corrected chi connectivity index (χ3v) is 4.49. The van der Waals surface area contributed by atoms with Gasteiger partial charge in [0.1, 0.15) is 11.4 Å². The maximum atomic E-state index is 12.2. The normalized spacial score (nSPS) is 16.1. The minimum Gasteiger partial charge on any atom is -0.497 e. The zero-order valence-electron chi connectivity index (χ0n) is 16.3. The number of hydrogen-bond donors (Lipinski definition) is 3. The molecule has 0 aliphatic heterocycles. The van der Waals surface area contributed by atoms with Gasteiger partial charge in [-0.05, 0) is 51.0 Å². The van der Waals surface area contributed by atoms with Crippen LogP contribution in [-0.2, 0) is 22.4 Å². The van der Waals surface area contributed by atoms with E-state index >= 15 is 0 Å². The molecule has 1 heterocycles. The number of nitrogens with one attached hydrogen (secondary N) is 3. The van der Waals surface area contributed by atoms with Crippen LogP contribution in [0.5, 0.6) is 5.75 Å². The Morgan fingerprint density at radius 2 is 2.04 bits per heavy atom. The number of aromatic nitrogens is 1. The molecule has 27 heavy (non-hydrogen) atoms. The predicted octanol–water partition coefficient (Wildman–Crippen LogP) is 2.67. The minimum atomic E-state index is -0.547. The van der Waals surface area contributed by atoms with E-state index < -0.39 is 11.7 Å². The van der Waals surface area contributed by atoms with Gasteiger partial charge in [0, 0.05) is 42.0 Å². The maximum absolute atomic E-state index is 12.2. The Labute approximate surface area is 158 Å². The Kier molecular flexibility index (Phi) is 5.30. The van der Waals surface area contributed by atoms with Gasteiger partial charge in [0.2, 0.25) is 5.91 Å². The van der Waals surface area contributed by atoms with Gasteiger partial charge in [0.25, 0.3) is 0 Å². The van der Waals surface area contributed by atoms with E-state index in [1.54, 1.807) is 27.9 Å². The number of H-pyrrole nitrogens is 1. The molecule has 0 saturated carbocycles. The molecule has 1 aliphatic rings. The fraction of sp³-hybridized carbons (Fsp3) is 0.500. The highest BCUT2D eigenvalue weighted by Crippen LogP contribution is 2.32. The molecule has 3 N–H and O–H groups in total. The number of hydrogen-bond acceptors (Lipinski definition) is 4. The highest BCUT2D eigenvalue weighted by Gasteiger charge is 2.26. The molecule has 0 spiro atoms. The Morgan fingerprint density at radius 3 is 2.74 bits per heavy atom. The summed E-state index contributed by atoms with van der Waals surface area (Å²) >= 11 is 0. The lowest BCUT2D eigenvalue weighted by Crippen LogP contribution is -2.38. The fourth-order valence-electron chi connectivity index (χ4n) is 3.38. The van der Waals surface area contributed by atoms with Crippen LogP contribution in [0.3, 0.4) is 0 Å². The van der Waals surface area contributed by atoms with E-state index in [1.807, 2.05) is 18.2 Å². The van der Waals surface area contributed by atoms with Crippen LogP contribution >= 0.6 is 0 Å². The van der Waals surface area contributed by atoms with E-state index in [2.05, 4.69) is 15.6 Å². The second-order valence-corrected chi connectivity index (χ2v) is 7.84. The maximum Gasteiger partial charge on any atom is 0.407 e. The van der Waals surface area contributed by atoms with Gasteiger partial charge in [0.05, 0.1) is 7.11 Å². The molecule has 0 radical (unpaired) electrons. The number of amides is 2. The van der Waals surface area contributed by atoms with Gasteiger partial charge in [-0.25, -0.2) is 4.79 Å². The van der Waals surface area contributed by atoms with E-state index in [-0.39, 0.29) is 24.9 Å². The Hall–Kier alpha value is -2.70. The number of carbonyl (C=O) groups is 2. The summed E-state index contributed by atoms with van der Waals surface area (Å²) < 4.78 is 10.5. The number of aromatic amines is 1. The molecule has 1 aromatic carbocycles. The van der Waals surface area contributed by atoms with Crippen molar-refractivity contribution in [3.8, 4) is 5.75 Å². The van der Waals surface area contributed by atoms with Crippen molar-refractivity contribution in [2.45, 2.75) is 51.7 Å². The van der Waals surface area contributed by atoms with Crippen molar-refractivity contribution >= 4 is 22.9 Å². The highest BCUT2D eigenvalue weighted by atomic mass is 16.6. The first-order valence-corrected chi connectivity index (χ1v) is 9.19. The van der Waals surface area contributed by atoms with Gasteiger partial charge in [0.15, 0.2) is 0 Å². The average Bonchev–Trinajstić information content (AvgIpc) is 3.09. The molecule has 2 amide bonds. The highest BCUT2D eigenvalue weighted by molar-refractivity contribution is 5.87. The molecule has 3 rings (SSSR count). The third kappa shape index (κ3) is 4.72. The molecule has 2 aromatic rings. The number of carbonyl (C=O) groups excluding carboxylic acids is 2. The largest absolute Gasteiger partial charge is 0.497 e. The Bertz CT molecular complexity index is 851. The third-order valence-electron chi connectivity index (χ3n) is 4.49. The Balaban J connectivity index is 1.49. The van der Waals surface area contributed by atoms with Crippen molar-refractivity contribution in [3.63, 3.8) is 0 Å². The SMILES string of the molecule is COc1ccc2[nH]c3c(c2c1)CC(NC(=O)CCNC(=O)OC(C)(C)C)C3. The van der Waals surface area contributed by atoms with Crippen LogP contribution in [0.15, 0.2) is 18.2 Å². The number of methoxy groups -OCH3 is 1. The second-order valence-electron chi connectivity index (χ2n) is 7.84. The summed E-state index contributed by atoms with van der Waals surface area (Å²) in [7, 11) is 1.66. The first-order chi connectivity index (χ1) is 12.7. The molecule has 1 unspecified atom stereocenters. The first-order valence-electron chi connectivity index (χ1n) is 9.19. The smallest absolute Gasteiger partial charge is 0.407 e. The summed E-state index contributed by atoms with van der Waals surface area (Å²) in [6.45, 7) is 5.65. The average molecular weight is 373 g/mol. The molecule has 7 nitrogen and oxygen atoms in total. The van der Waals surface area contributed by atoms with Crippen molar-refractivity contribution in [1.29, 1.82) is 0 Å². The van der Waals surface area contributed by atoms with Crippen LogP contribution < -0.4 is 15.4 Å². The summed E-state index contributed by atoms with van der Waals surface area (Å²) in [5, 5.41) is 6.79. The van der Waals surface area contributed by atoms with Crippen molar-refractivity contribution in [2.24, 2.45) is 0 Å². The summed E-state index contributed by atoms with van der Waals surface area (Å²) in [4.78, 5) is 27.2. The fourth-order valence-corrected chi connectivity index (χ4v) is 3.38. The Morgan fingerprint density at radius 1 is 1.26 bits per heavy atom. The summed E-state index contributed by atoms with van der Waals surface area (Å²) in [6.07, 6.45) is 1.27. The van der Waals surface area contributed by atoms with Gasteiger partial charge >= 0.3 is 6.09 Å². The van der Waals surface area contributed by atoms with Crippen LogP contribution in [-0.4, -0.2) is 42.3 Å². The van der Waals surface area contributed by atoms with Crippen LogP contribution in [0.1, 0.15) is 38.4 Å². The van der Waals surface area contributed by atoms with Gasteiger partial charge in [-0.15, -0.1) is 0 Å². The molecule has 0 bridgehead atoms. The molecule has 0 saturated heterocycles. The lowest BCUT2D eigenvalue weighted by atomic mass is 10.1. The topological polar surface area (TPSA) is 92.5 Å². The van der Waals surface area contributed by atoms with Crippen molar-refractivity contribution in [2.75, 3.05) is 13.7 Å². The molecule has 0 fully saturated rings. The van der Waals surface area contributed by atoms with E-state index in [9.17, 15) is 9.59 Å². The number of rotatable bonds is 5. The van der Waals surface area contributed by atoms with E-state index in [0.717, 1.165) is 35.2 Å². The molecule has 1 aromatic heterocycles. The van der Waals surface area contributed by atoms with Crippen LogP contribution in [0.4, 0.5) is 4.79 Å². The summed E-state index contributed by atoms with van der Waals surface area (Å²) in [6, 6.07) is 6.04. The number of alkyl carbamates (subject to hydrolysis) is 1. The van der Waals surface area contributed by atoms with Crippen molar-refractivity contribution in [3.05, 3.63) is 29.5 Å².